The second kappa shape index (κ2) is 7.79. The van der Waals surface area contributed by atoms with E-state index in [-0.39, 0.29) is 18.4 Å². The summed E-state index contributed by atoms with van der Waals surface area (Å²) in [6.45, 7) is 4.00. The molecule has 1 aliphatic rings. The van der Waals surface area contributed by atoms with Crippen LogP contribution in [0, 0.1) is 13.8 Å². The fourth-order valence-electron chi connectivity index (χ4n) is 2.75. The van der Waals surface area contributed by atoms with Gasteiger partial charge >= 0.3 is 0 Å². The zero-order valence-electron chi connectivity index (χ0n) is 14.9. The third-order valence-electron chi connectivity index (χ3n) is 4.18. The summed E-state index contributed by atoms with van der Waals surface area (Å²) in [5.74, 6) is -0.315. The highest BCUT2D eigenvalue weighted by molar-refractivity contribution is 6.33. The van der Waals surface area contributed by atoms with E-state index >= 15 is 0 Å². The van der Waals surface area contributed by atoms with Crippen molar-refractivity contribution in [2.45, 2.75) is 32.7 Å². The van der Waals surface area contributed by atoms with Gasteiger partial charge in [0.1, 0.15) is 0 Å². The van der Waals surface area contributed by atoms with Crippen LogP contribution in [0.25, 0.3) is 0 Å². The van der Waals surface area contributed by atoms with Crippen molar-refractivity contribution < 1.29 is 9.59 Å². The molecule has 6 heteroatoms. The largest absolute Gasteiger partial charge is 0.375 e. The summed E-state index contributed by atoms with van der Waals surface area (Å²) in [6.07, 6.45) is 2.07. The molecular weight excluding hydrogens is 350 g/mol. The summed E-state index contributed by atoms with van der Waals surface area (Å²) >= 11 is 6.24. The first-order valence-corrected chi connectivity index (χ1v) is 9.01. The van der Waals surface area contributed by atoms with Crippen molar-refractivity contribution in [3.8, 4) is 0 Å². The number of halogens is 1. The maximum atomic E-state index is 12.2. The van der Waals surface area contributed by atoms with Crippen molar-refractivity contribution in [1.29, 1.82) is 0 Å². The van der Waals surface area contributed by atoms with Gasteiger partial charge in [-0.1, -0.05) is 23.7 Å². The minimum Gasteiger partial charge on any atom is -0.375 e. The van der Waals surface area contributed by atoms with Crippen molar-refractivity contribution in [2.24, 2.45) is 0 Å². The number of carbonyl (C=O) groups excluding carboxylic acids is 2. The summed E-state index contributed by atoms with van der Waals surface area (Å²) in [6, 6.07) is 11.1. The highest BCUT2D eigenvalue weighted by Gasteiger charge is 2.23. The fraction of sp³-hybridized carbons (Fsp3) is 0.300. The van der Waals surface area contributed by atoms with Gasteiger partial charge < -0.3 is 16.0 Å². The van der Waals surface area contributed by atoms with E-state index in [2.05, 4.69) is 16.0 Å². The number of benzene rings is 2. The molecule has 1 aliphatic carbocycles. The normalized spacial score (nSPS) is 13.2. The van der Waals surface area contributed by atoms with Crippen molar-refractivity contribution in [3.05, 3.63) is 58.1 Å². The standard InChI is InChI=1S/C20H22ClN3O2/c1-12-8-13(2)19(17(21)9-12)22-11-18(25)23-16-5-3-4-14(10-16)20(26)24-15-6-7-15/h3-5,8-10,15,22H,6-7,11H2,1-2H3,(H,23,25)(H,24,26). The predicted octanol–water partition coefficient (Wildman–Crippen LogP) is 3.90. The third-order valence-corrected chi connectivity index (χ3v) is 4.48. The molecule has 1 fully saturated rings. The van der Waals surface area contributed by atoms with Crippen molar-refractivity contribution in [3.63, 3.8) is 0 Å². The molecule has 1 saturated carbocycles. The van der Waals surface area contributed by atoms with Crippen LogP contribution >= 0.6 is 11.6 Å². The smallest absolute Gasteiger partial charge is 0.251 e. The Balaban J connectivity index is 1.59. The topological polar surface area (TPSA) is 70.2 Å². The number of amides is 2. The molecule has 0 saturated heterocycles. The van der Waals surface area contributed by atoms with Gasteiger partial charge in [0.2, 0.25) is 5.91 Å². The van der Waals surface area contributed by atoms with Crippen LogP contribution in [-0.2, 0) is 4.79 Å². The summed E-state index contributed by atoms with van der Waals surface area (Å²) in [5.41, 5.74) is 3.95. The van der Waals surface area contributed by atoms with Gasteiger partial charge in [0.05, 0.1) is 17.3 Å². The molecule has 0 aliphatic heterocycles. The van der Waals surface area contributed by atoms with Gasteiger partial charge in [-0.15, -0.1) is 0 Å². The molecule has 2 aromatic carbocycles. The predicted molar refractivity (Wildman–Crippen MR) is 105 cm³/mol. The zero-order chi connectivity index (χ0) is 18.7. The molecule has 136 valence electrons. The van der Waals surface area contributed by atoms with Gasteiger partial charge in [-0.3, -0.25) is 9.59 Å². The van der Waals surface area contributed by atoms with Gasteiger partial charge in [-0.05, 0) is 62.1 Å². The molecule has 2 amide bonds. The number of carbonyl (C=O) groups is 2. The average Bonchev–Trinajstić information content (AvgIpc) is 3.38. The molecule has 0 bridgehead atoms. The van der Waals surface area contributed by atoms with Gasteiger partial charge in [0.15, 0.2) is 0 Å². The SMILES string of the molecule is Cc1cc(C)c(NCC(=O)Nc2cccc(C(=O)NC3CC3)c2)c(Cl)c1. The lowest BCUT2D eigenvalue weighted by Gasteiger charge is -2.13. The second-order valence-electron chi connectivity index (χ2n) is 6.67. The van der Waals surface area contributed by atoms with E-state index in [0.717, 1.165) is 29.7 Å². The number of rotatable bonds is 6. The molecule has 0 aromatic heterocycles. The summed E-state index contributed by atoms with van der Waals surface area (Å²) < 4.78 is 0. The van der Waals surface area contributed by atoms with Crippen LogP contribution in [0.3, 0.4) is 0 Å². The molecule has 0 spiro atoms. The Bertz CT molecular complexity index is 824. The Morgan fingerprint density at radius 1 is 1.15 bits per heavy atom. The second-order valence-corrected chi connectivity index (χ2v) is 7.08. The van der Waals surface area contributed by atoms with Crippen molar-refractivity contribution in [2.75, 3.05) is 17.2 Å². The van der Waals surface area contributed by atoms with E-state index in [4.69, 9.17) is 11.6 Å². The van der Waals surface area contributed by atoms with E-state index in [1.165, 1.54) is 0 Å². The fourth-order valence-corrected chi connectivity index (χ4v) is 3.14. The zero-order valence-corrected chi connectivity index (χ0v) is 15.6. The Hall–Kier alpha value is -2.53. The maximum absolute atomic E-state index is 12.2. The number of anilines is 2. The quantitative estimate of drug-likeness (QED) is 0.721. The molecule has 2 aromatic rings. The highest BCUT2D eigenvalue weighted by atomic mass is 35.5. The lowest BCUT2D eigenvalue weighted by atomic mass is 10.1. The minimum atomic E-state index is -0.208. The Kier molecular flexibility index (Phi) is 5.47. The van der Waals surface area contributed by atoms with Gasteiger partial charge in [-0.25, -0.2) is 0 Å². The van der Waals surface area contributed by atoms with E-state index in [1.54, 1.807) is 24.3 Å². The monoisotopic (exact) mass is 371 g/mol. The molecule has 5 nitrogen and oxygen atoms in total. The van der Waals surface area contributed by atoms with Crippen LogP contribution in [0.2, 0.25) is 5.02 Å². The van der Waals surface area contributed by atoms with E-state index in [1.807, 2.05) is 26.0 Å². The van der Waals surface area contributed by atoms with Gasteiger partial charge in [0, 0.05) is 17.3 Å². The number of nitrogens with one attached hydrogen (secondary N) is 3. The summed E-state index contributed by atoms with van der Waals surface area (Å²) in [7, 11) is 0. The average molecular weight is 372 g/mol. The first kappa shape index (κ1) is 18.3. The van der Waals surface area contributed by atoms with Gasteiger partial charge in [0.25, 0.3) is 5.91 Å². The molecular formula is C20H22ClN3O2. The first-order valence-electron chi connectivity index (χ1n) is 8.64. The van der Waals surface area contributed by atoms with Gasteiger partial charge in [-0.2, -0.15) is 0 Å². The Morgan fingerprint density at radius 3 is 2.62 bits per heavy atom. The van der Waals surface area contributed by atoms with E-state index < -0.39 is 0 Å². The Morgan fingerprint density at radius 2 is 1.92 bits per heavy atom. The third kappa shape index (κ3) is 4.76. The molecule has 26 heavy (non-hydrogen) atoms. The molecule has 0 radical (unpaired) electrons. The van der Waals surface area contributed by atoms with E-state index in [9.17, 15) is 9.59 Å². The number of hydrogen-bond acceptors (Lipinski definition) is 3. The van der Waals surface area contributed by atoms with Crippen LogP contribution in [0.1, 0.15) is 34.3 Å². The number of hydrogen-bond donors (Lipinski definition) is 3. The molecule has 0 atom stereocenters. The molecule has 3 N–H and O–H groups in total. The highest BCUT2D eigenvalue weighted by Crippen LogP contribution is 2.27. The summed E-state index contributed by atoms with van der Waals surface area (Å²) in [5, 5.41) is 9.41. The van der Waals surface area contributed by atoms with Crippen LogP contribution in [-0.4, -0.2) is 24.4 Å². The first-order chi connectivity index (χ1) is 12.4. The van der Waals surface area contributed by atoms with Crippen molar-refractivity contribution >= 4 is 34.8 Å². The molecule has 0 heterocycles. The molecule has 3 rings (SSSR count). The lowest BCUT2D eigenvalue weighted by Crippen LogP contribution is -2.26. The summed E-state index contributed by atoms with van der Waals surface area (Å²) in [4.78, 5) is 24.3. The van der Waals surface area contributed by atoms with Crippen LogP contribution < -0.4 is 16.0 Å². The van der Waals surface area contributed by atoms with Crippen molar-refractivity contribution in [1.82, 2.24) is 5.32 Å². The van der Waals surface area contributed by atoms with Crippen LogP contribution in [0.4, 0.5) is 11.4 Å². The maximum Gasteiger partial charge on any atom is 0.251 e. The lowest BCUT2D eigenvalue weighted by molar-refractivity contribution is -0.114. The molecule has 0 unspecified atom stereocenters. The Labute approximate surface area is 158 Å². The minimum absolute atomic E-state index is 0.0854. The van der Waals surface area contributed by atoms with E-state index in [0.29, 0.717) is 22.3 Å². The number of aryl methyl sites for hydroxylation is 2. The van der Waals surface area contributed by atoms with Crippen LogP contribution in [0.5, 0.6) is 0 Å². The van der Waals surface area contributed by atoms with Crippen LogP contribution in [0.15, 0.2) is 36.4 Å².